The fraction of sp³-hybridized carbons (Fsp3) is 0.250. The van der Waals surface area contributed by atoms with E-state index in [0.29, 0.717) is 11.1 Å². The van der Waals surface area contributed by atoms with E-state index in [4.69, 9.17) is 3.63 Å². The van der Waals surface area contributed by atoms with Gasteiger partial charge in [0.15, 0.2) is 0 Å². The third-order valence-electron chi connectivity index (χ3n) is 3.05. The molecule has 0 amide bonds. The highest BCUT2D eigenvalue weighted by atomic mass is 32.2. The van der Waals surface area contributed by atoms with E-state index in [9.17, 15) is 8.78 Å². The van der Waals surface area contributed by atoms with Crippen molar-refractivity contribution < 1.29 is 12.4 Å². The van der Waals surface area contributed by atoms with E-state index >= 15 is 0 Å². The SMILES string of the molecule is CC(SOSC(C)c1ccccc1F)c1ccccc1F. The van der Waals surface area contributed by atoms with Gasteiger partial charge in [-0.25, -0.2) is 12.4 Å². The Morgan fingerprint density at radius 1 is 0.762 bits per heavy atom. The zero-order valence-corrected chi connectivity index (χ0v) is 13.4. The van der Waals surface area contributed by atoms with Crippen LogP contribution in [0.25, 0.3) is 0 Å². The maximum absolute atomic E-state index is 13.6. The molecule has 1 nitrogen and oxygen atoms in total. The first-order valence-corrected chi connectivity index (χ1v) is 8.18. The zero-order chi connectivity index (χ0) is 15.2. The van der Waals surface area contributed by atoms with Gasteiger partial charge in [-0.05, 0) is 26.0 Å². The van der Waals surface area contributed by atoms with Crippen LogP contribution < -0.4 is 0 Å². The Morgan fingerprint density at radius 3 is 1.52 bits per heavy atom. The van der Waals surface area contributed by atoms with Gasteiger partial charge in [0, 0.05) is 35.2 Å². The molecule has 2 rings (SSSR count). The minimum absolute atomic E-state index is 0.133. The van der Waals surface area contributed by atoms with Crippen molar-refractivity contribution in [3.63, 3.8) is 0 Å². The van der Waals surface area contributed by atoms with Crippen molar-refractivity contribution in [3.8, 4) is 0 Å². The van der Waals surface area contributed by atoms with Crippen molar-refractivity contribution in [2.75, 3.05) is 0 Å². The molecule has 112 valence electrons. The monoisotopic (exact) mass is 326 g/mol. The number of halogens is 2. The van der Waals surface area contributed by atoms with Crippen LogP contribution in [0, 0.1) is 11.6 Å². The van der Waals surface area contributed by atoms with Crippen LogP contribution >= 0.6 is 24.1 Å². The second-order valence-electron chi connectivity index (χ2n) is 4.59. The molecule has 2 unspecified atom stereocenters. The molecule has 0 spiro atoms. The number of benzene rings is 2. The van der Waals surface area contributed by atoms with Gasteiger partial charge in [0.05, 0.1) is 10.5 Å². The fourth-order valence-corrected chi connectivity index (χ4v) is 3.57. The third-order valence-corrected chi connectivity index (χ3v) is 4.77. The first-order valence-electron chi connectivity index (χ1n) is 6.57. The lowest BCUT2D eigenvalue weighted by Crippen LogP contribution is -1.95. The van der Waals surface area contributed by atoms with E-state index in [1.807, 2.05) is 13.8 Å². The Balaban J connectivity index is 1.87. The molecule has 0 fully saturated rings. The Hall–Kier alpha value is -1.04. The van der Waals surface area contributed by atoms with Gasteiger partial charge in [0.25, 0.3) is 0 Å². The van der Waals surface area contributed by atoms with Crippen molar-refractivity contribution >= 4 is 24.1 Å². The standard InChI is InChI=1S/C16H16F2OS2/c1-11(13-7-3-5-9-15(13)17)20-19-21-12(2)14-8-4-6-10-16(14)18/h3-12H,1-2H3. The molecule has 0 aromatic heterocycles. The van der Waals surface area contributed by atoms with Crippen LogP contribution in [0.1, 0.15) is 35.5 Å². The first kappa shape index (κ1) is 16.3. The molecule has 0 radical (unpaired) electrons. The molecule has 0 aliphatic heterocycles. The van der Waals surface area contributed by atoms with Crippen molar-refractivity contribution in [2.24, 2.45) is 0 Å². The lowest BCUT2D eigenvalue weighted by Gasteiger charge is -2.14. The van der Waals surface area contributed by atoms with Gasteiger partial charge < -0.3 is 0 Å². The molecule has 0 aliphatic rings. The highest BCUT2D eigenvalue weighted by molar-refractivity contribution is 8.08. The molecule has 0 bridgehead atoms. The molecule has 0 saturated carbocycles. The van der Waals surface area contributed by atoms with Crippen molar-refractivity contribution in [1.29, 1.82) is 0 Å². The molecule has 0 saturated heterocycles. The van der Waals surface area contributed by atoms with E-state index < -0.39 is 0 Å². The smallest absolute Gasteiger partial charge is 0.127 e. The van der Waals surface area contributed by atoms with E-state index in [0.717, 1.165) is 0 Å². The molecule has 5 heteroatoms. The molecular weight excluding hydrogens is 310 g/mol. The summed E-state index contributed by atoms with van der Waals surface area (Å²) in [5.41, 5.74) is 1.20. The largest absolute Gasteiger partial charge is 0.246 e. The van der Waals surface area contributed by atoms with Gasteiger partial charge >= 0.3 is 0 Å². The average molecular weight is 326 g/mol. The van der Waals surface area contributed by atoms with Crippen LogP contribution in [-0.2, 0) is 3.63 Å². The molecule has 0 aliphatic carbocycles. The molecule has 2 aromatic carbocycles. The van der Waals surface area contributed by atoms with E-state index in [1.54, 1.807) is 36.4 Å². The summed E-state index contributed by atoms with van der Waals surface area (Å²) in [5.74, 6) is -0.485. The van der Waals surface area contributed by atoms with E-state index in [1.165, 1.54) is 36.2 Å². The summed E-state index contributed by atoms with van der Waals surface area (Å²) in [7, 11) is 0. The number of rotatable bonds is 6. The predicted molar refractivity (Wildman–Crippen MR) is 85.9 cm³/mol. The van der Waals surface area contributed by atoms with Crippen molar-refractivity contribution in [2.45, 2.75) is 24.3 Å². The molecule has 21 heavy (non-hydrogen) atoms. The van der Waals surface area contributed by atoms with Gasteiger partial charge in [0.2, 0.25) is 0 Å². The lowest BCUT2D eigenvalue weighted by molar-refractivity contribution is 0.606. The highest BCUT2D eigenvalue weighted by Crippen LogP contribution is 2.39. The maximum atomic E-state index is 13.6. The van der Waals surface area contributed by atoms with Crippen molar-refractivity contribution in [3.05, 3.63) is 71.3 Å². The van der Waals surface area contributed by atoms with Crippen LogP contribution in [0.3, 0.4) is 0 Å². The molecule has 0 heterocycles. The second kappa shape index (κ2) is 7.82. The van der Waals surface area contributed by atoms with Crippen LogP contribution in [0.5, 0.6) is 0 Å². The van der Waals surface area contributed by atoms with E-state index in [2.05, 4.69) is 0 Å². The molecule has 2 aromatic rings. The van der Waals surface area contributed by atoms with Gasteiger partial charge in [-0.2, -0.15) is 0 Å². The van der Waals surface area contributed by atoms with Crippen LogP contribution in [0.15, 0.2) is 48.5 Å². The van der Waals surface area contributed by atoms with Gasteiger partial charge in [-0.3, -0.25) is 0 Å². The summed E-state index contributed by atoms with van der Waals surface area (Å²) in [6, 6.07) is 13.2. The lowest BCUT2D eigenvalue weighted by atomic mass is 10.1. The summed E-state index contributed by atoms with van der Waals surface area (Å²) < 4.78 is 32.7. The summed E-state index contributed by atoms with van der Waals surface area (Å²) in [4.78, 5) is 0. The fourth-order valence-electron chi connectivity index (χ4n) is 1.85. The highest BCUT2D eigenvalue weighted by Gasteiger charge is 2.15. The minimum atomic E-state index is -0.242. The first-order chi connectivity index (χ1) is 10.1. The Labute approximate surface area is 132 Å². The average Bonchev–Trinajstić information content (AvgIpc) is 2.48. The molecule has 2 atom stereocenters. The van der Waals surface area contributed by atoms with Crippen LogP contribution in [0.4, 0.5) is 8.78 Å². The van der Waals surface area contributed by atoms with Gasteiger partial charge in [-0.15, -0.1) is 0 Å². The number of hydrogen-bond acceptors (Lipinski definition) is 3. The third kappa shape index (κ3) is 4.46. The molecule has 0 N–H and O–H groups in total. The van der Waals surface area contributed by atoms with Crippen LogP contribution in [0.2, 0.25) is 0 Å². The van der Waals surface area contributed by atoms with Gasteiger partial charge in [0.1, 0.15) is 11.6 Å². The Bertz CT molecular complexity index is 540. The number of hydrogen-bond donors (Lipinski definition) is 0. The summed E-state index contributed by atoms with van der Waals surface area (Å²) >= 11 is 2.35. The van der Waals surface area contributed by atoms with Crippen LogP contribution in [-0.4, -0.2) is 0 Å². The normalized spacial score (nSPS) is 13.9. The summed E-state index contributed by atoms with van der Waals surface area (Å²) in [5, 5.41) is -0.266. The van der Waals surface area contributed by atoms with Gasteiger partial charge in [-0.1, -0.05) is 36.4 Å². The zero-order valence-electron chi connectivity index (χ0n) is 11.8. The summed E-state index contributed by atoms with van der Waals surface area (Å²) in [6.07, 6.45) is 0. The maximum Gasteiger partial charge on any atom is 0.127 e. The van der Waals surface area contributed by atoms with Crippen molar-refractivity contribution in [1.82, 2.24) is 0 Å². The quantitative estimate of drug-likeness (QED) is 0.594. The minimum Gasteiger partial charge on any atom is -0.246 e. The Morgan fingerprint density at radius 2 is 1.14 bits per heavy atom. The topological polar surface area (TPSA) is 9.23 Å². The molecular formula is C16H16F2OS2. The van der Waals surface area contributed by atoms with E-state index in [-0.39, 0.29) is 22.1 Å². The predicted octanol–water partition coefficient (Wildman–Crippen LogP) is 6.10. The second-order valence-corrected chi connectivity index (χ2v) is 6.93. The Kier molecular flexibility index (Phi) is 6.08. The summed E-state index contributed by atoms with van der Waals surface area (Å²) in [6.45, 7) is 3.74.